The molecule has 128 valence electrons. The van der Waals surface area contributed by atoms with Crippen LogP contribution in [0.3, 0.4) is 0 Å². The molecule has 4 nitrogen and oxygen atoms in total. The third kappa shape index (κ3) is 20.9. The van der Waals surface area contributed by atoms with Crippen LogP contribution in [0, 0.1) is 0 Å². The van der Waals surface area contributed by atoms with Crippen molar-refractivity contribution in [3.05, 3.63) is 0 Å². The van der Waals surface area contributed by atoms with Gasteiger partial charge in [-0.2, -0.15) is 0 Å². The summed E-state index contributed by atoms with van der Waals surface area (Å²) in [6.45, 7) is 2.23. The van der Waals surface area contributed by atoms with Crippen LogP contribution in [-0.4, -0.2) is 29.9 Å². The molecular formula is C16H33NaO4S. The van der Waals surface area contributed by atoms with E-state index in [0.29, 0.717) is 6.42 Å². The summed E-state index contributed by atoms with van der Waals surface area (Å²) in [6.07, 6.45) is 13.6. The third-order valence-electron chi connectivity index (χ3n) is 3.82. The normalized spacial score (nSPS) is 12.9. The first-order valence-corrected chi connectivity index (χ1v) is 10.1. The largest absolute Gasteiger partial charge is 1.00 e. The first kappa shape index (κ1) is 25.1. The Morgan fingerprint density at radius 3 is 1.68 bits per heavy atom. The van der Waals surface area contributed by atoms with Gasteiger partial charge < -0.3 is 9.66 Å². The smallest absolute Gasteiger partial charge is 0.748 e. The molecule has 1 unspecified atom stereocenters. The van der Waals surface area contributed by atoms with Gasteiger partial charge in [0.1, 0.15) is 0 Å². The van der Waals surface area contributed by atoms with Crippen molar-refractivity contribution >= 4 is 10.1 Å². The van der Waals surface area contributed by atoms with Crippen LogP contribution in [0.15, 0.2) is 0 Å². The van der Waals surface area contributed by atoms with E-state index in [0.717, 1.165) is 19.3 Å². The van der Waals surface area contributed by atoms with Gasteiger partial charge in [-0.25, -0.2) is 8.42 Å². The summed E-state index contributed by atoms with van der Waals surface area (Å²) in [5.41, 5.74) is 0. The van der Waals surface area contributed by atoms with Crippen LogP contribution in [-0.2, 0) is 10.1 Å². The SMILES string of the molecule is CCCCCCCCCCCCC(O)CCCS(=O)(=O)[O-].[Na+]. The predicted octanol–water partition coefficient (Wildman–Crippen LogP) is 0.988. The van der Waals surface area contributed by atoms with E-state index in [9.17, 15) is 18.1 Å². The van der Waals surface area contributed by atoms with Crippen molar-refractivity contribution in [1.29, 1.82) is 0 Å². The van der Waals surface area contributed by atoms with Gasteiger partial charge in [0.15, 0.2) is 0 Å². The van der Waals surface area contributed by atoms with Crippen LogP contribution in [0.2, 0.25) is 0 Å². The van der Waals surface area contributed by atoms with E-state index in [4.69, 9.17) is 0 Å². The van der Waals surface area contributed by atoms with Gasteiger partial charge in [0.05, 0.1) is 16.2 Å². The van der Waals surface area contributed by atoms with Crippen LogP contribution < -0.4 is 29.6 Å². The Bertz CT molecular complexity index is 320. The van der Waals surface area contributed by atoms with Crippen LogP contribution in [0.25, 0.3) is 0 Å². The zero-order valence-corrected chi connectivity index (χ0v) is 17.4. The summed E-state index contributed by atoms with van der Waals surface area (Å²) in [5, 5.41) is 9.67. The molecule has 0 saturated heterocycles. The van der Waals surface area contributed by atoms with E-state index in [-0.39, 0.29) is 41.7 Å². The van der Waals surface area contributed by atoms with Gasteiger partial charge in [-0.1, -0.05) is 71.1 Å². The second-order valence-corrected chi connectivity index (χ2v) is 7.55. The predicted molar refractivity (Wildman–Crippen MR) is 86.3 cm³/mol. The van der Waals surface area contributed by atoms with Crippen LogP contribution in [0.4, 0.5) is 0 Å². The second kappa shape index (κ2) is 16.7. The maximum absolute atomic E-state index is 10.4. The van der Waals surface area contributed by atoms with Crippen molar-refractivity contribution in [2.75, 3.05) is 5.75 Å². The quantitative estimate of drug-likeness (QED) is 0.273. The minimum absolute atomic E-state index is 0. The van der Waals surface area contributed by atoms with Gasteiger partial charge in [0.25, 0.3) is 0 Å². The van der Waals surface area contributed by atoms with E-state index < -0.39 is 16.2 Å². The Hall–Kier alpha value is 0.870. The molecule has 1 N–H and O–H groups in total. The maximum atomic E-state index is 10.4. The van der Waals surface area contributed by atoms with Gasteiger partial charge in [0, 0.05) is 5.75 Å². The second-order valence-electron chi connectivity index (χ2n) is 6.03. The Labute approximate surface area is 159 Å². The van der Waals surface area contributed by atoms with Crippen molar-refractivity contribution < 1.29 is 47.6 Å². The van der Waals surface area contributed by atoms with Crippen molar-refractivity contribution in [3.63, 3.8) is 0 Å². The van der Waals surface area contributed by atoms with Gasteiger partial charge in [-0.05, 0) is 19.3 Å². The zero-order valence-electron chi connectivity index (χ0n) is 14.6. The molecule has 0 bridgehead atoms. The Balaban J connectivity index is 0. The number of aliphatic hydroxyl groups is 1. The molecule has 0 aromatic heterocycles. The average molecular weight is 344 g/mol. The molecule has 0 aliphatic carbocycles. The number of rotatable bonds is 15. The first-order chi connectivity index (χ1) is 9.95. The molecule has 0 aromatic rings. The molecule has 0 spiro atoms. The van der Waals surface area contributed by atoms with Crippen LogP contribution >= 0.6 is 0 Å². The molecule has 0 aliphatic rings. The summed E-state index contributed by atoms with van der Waals surface area (Å²) in [4.78, 5) is 0. The molecule has 0 fully saturated rings. The van der Waals surface area contributed by atoms with Crippen LogP contribution in [0.5, 0.6) is 0 Å². The Kier molecular flexibility index (Phi) is 19.1. The van der Waals surface area contributed by atoms with Crippen molar-refractivity contribution in [2.45, 2.75) is 96.5 Å². The topological polar surface area (TPSA) is 77.4 Å². The third-order valence-corrected chi connectivity index (χ3v) is 4.61. The fourth-order valence-electron chi connectivity index (χ4n) is 2.51. The molecular weight excluding hydrogens is 311 g/mol. The molecule has 6 heteroatoms. The number of aliphatic hydroxyl groups excluding tert-OH is 1. The summed E-state index contributed by atoms with van der Waals surface area (Å²) in [6, 6.07) is 0. The summed E-state index contributed by atoms with van der Waals surface area (Å²) in [7, 11) is -4.12. The Morgan fingerprint density at radius 2 is 1.23 bits per heavy atom. The summed E-state index contributed by atoms with van der Waals surface area (Å²) < 4.78 is 31.3. The van der Waals surface area contributed by atoms with E-state index in [2.05, 4.69) is 6.92 Å². The van der Waals surface area contributed by atoms with Crippen LogP contribution in [0.1, 0.15) is 90.4 Å². The molecule has 0 aromatic carbocycles. The van der Waals surface area contributed by atoms with E-state index in [1.807, 2.05) is 0 Å². The molecule has 0 radical (unpaired) electrons. The van der Waals surface area contributed by atoms with E-state index in [1.54, 1.807) is 0 Å². The summed E-state index contributed by atoms with van der Waals surface area (Å²) >= 11 is 0. The molecule has 0 rings (SSSR count). The first-order valence-electron chi connectivity index (χ1n) is 8.57. The van der Waals surface area contributed by atoms with Gasteiger partial charge >= 0.3 is 29.6 Å². The van der Waals surface area contributed by atoms with E-state index in [1.165, 1.54) is 51.4 Å². The molecule has 0 amide bonds. The minimum atomic E-state index is -4.12. The van der Waals surface area contributed by atoms with Gasteiger partial charge in [-0.15, -0.1) is 0 Å². The summed E-state index contributed by atoms with van der Waals surface area (Å²) in [5.74, 6) is -0.359. The zero-order chi connectivity index (χ0) is 16.0. The van der Waals surface area contributed by atoms with Crippen molar-refractivity contribution in [2.24, 2.45) is 0 Å². The van der Waals surface area contributed by atoms with Crippen molar-refractivity contribution in [3.8, 4) is 0 Å². The fraction of sp³-hybridized carbons (Fsp3) is 1.00. The van der Waals surface area contributed by atoms with E-state index >= 15 is 0 Å². The maximum Gasteiger partial charge on any atom is 1.00 e. The number of hydrogen-bond donors (Lipinski definition) is 1. The molecule has 0 aliphatic heterocycles. The monoisotopic (exact) mass is 344 g/mol. The molecule has 1 atom stereocenters. The fourth-order valence-corrected chi connectivity index (χ4v) is 3.03. The number of hydrogen-bond acceptors (Lipinski definition) is 4. The molecule has 22 heavy (non-hydrogen) atoms. The molecule has 0 heterocycles. The Morgan fingerprint density at radius 1 is 0.818 bits per heavy atom. The van der Waals surface area contributed by atoms with Crippen molar-refractivity contribution in [1.82, 2.24) is 0 Å². The average Bonchev–Trinajstić information content (AvgIpc) is 2.39. The minimum Gasteiger partial charge on any atom is -0.748 e. The standard InChI is InChI=1S/C16H34O4S.Na/c1-2-3-4-5-6-7-8-9-10-11-13-16(17)14-12-15-21(18,19)20;/h16-17H,2-15H2,1H3,(H,18,19,20);/q;+1/p-1. The van der Waals surface area contributed by atoms with Gasteiger partial charge in [-0.3, -0.25) is 0 Å². The number of unbranched alkanes of at least 4 members (excludes halogenated alkanes) is 9. The van der Waals surface area contributed by atoms with Gasteiger partial charge in [0.2, 0.25) is 0 Å². The molecule has 0 saturated carbocycles.